The van der Waals surface area contributed by atoms with Crippen molar-refractivity contribution in [1.82, 2.24) is 45.4 Å². The number of halogens is 5. The molecule has 105 heavy (non-hydrogen) atoms. The molecule has 0 bridgehead atoms. The Hall–Kier alpha value is -11.6. The number of nitrogens with one attached hydrogen (secondary N) is 2. The molecule has 4 aromatic carbocycles. The molecule has 2 spiro atoms. The molecule has 2 N–H and O–H groups in total. The average molecular weight is 1500 g/mol. The lowest BCUT2D eigenvalue weighted by atomic mass is 9.88. The second-order valence-corrected chi connectivity index (χ2v) is 26.1. The van der Waals surface area contributed by atoms with Crippen molar-refractivity contribution < 1.29 is 47.7 Å². The van der Waals surface area contributed by atoms with E-state index in [4.69, 9.17) is 107 Å². The van der Waals surface area contributed by atoms with E-state index in [0.29, 0.717) is 144 Å². The van der Waals surface area contributed by atoms with Crippen LogP contribution in [0.15, 0.2) is 133 Å². The summed E-state index contributed by atoms with van der Waals surface area (Å²) in [5.41, 5.74) is 9.17. The first-order chi connectivity index (χ1) is 51.0. The van der Waals surface area contributed by atoms with Crippen LogP contribution in [0.2, 0.25) is 25.2 Å². The van der Waals surface area contributed by atoms with E-state index in [0.717, 1.165) is 50.1 Å². The maximum atomic E-state index is 11.8. The number of carbonyl (C=O) groups is 5. The third-order valence-electron chi connectivity index (χ3n) is 17.3. The van der Waals surface area contributed by atoms with Crippen molar-refractivity contribution in [1.29, 1.82) is 26.3 Å². The number of amides is 2. The van der Waals surface area contributed by atoms with Crippen molar-refractivity contribution in [2.75, 3.05) is 59.2 Å². The molecule has 0 aliphatic carbocycles. The Kier molecular flexibility index (Phi) is 24.2. The van der Waals surface area contributed by atoms with Crippen LogP contribution in [0.1, 0.15) is 67.9 Å². The van der Waals surface area contributed by atoms with Gasteiger partial charge in [0.2, 0.25) is 41.2 Å². The summed E-state index contributed by atoms with van der Waals surface area (Å²) in [6.07, 6.45) is 4.58. The largest absolute Gasteiger partial charge is 0.462 e. The molecule has 24 nitrogen and oxygen atoms in total. The fraction of sp³-hybridized carbons (Fsp3) is 0.224. The summed E-state index contributed by atoms with van der Waals surface area (Å²) in [5.74, 6) is 1.05. The lowest BCUT2D eigenvalue weighted by Crippen LogP contribution is -2.66. The maximum Gasteiger partial charge on any atom is 0.226 e. The minimum absolute atomic E-state index is 0.0276. The number of likely N-dealkylation sites (tertiary alicyclic amines) is 2. The molecule has 9 heterocycles. The van der Waals surface area contributed by atoms with Crippen molar-refractivity contribution >= 4 is 88.7 Å². The van der Waals surface area contributed by atoms with Crippen LogP contribution < -0.4 is 34.3 Å². The number of aldehydes is 3. The molecule has 4 aliphatic heterocycles. The smallest absolute Gasteiger partial charge is 0.226 e. The van der Waals surface area contributed by atoms with E-state index < -0.39 is 0 Å². The number of ether oxygens (including phenoxy) is 5. The second kappa shape index (κ2) is 34.1. The lowest BCUT2D eigenvalue weighted by molar-refractivity contribution is -0.121. The topological polar surface area (TPSA) is 345 Å². The van der Waals surface area contributed by atoms with Gasteiger partial charge >= 0.3 is 0 Å². The van der Waals surface area contributed by atoms with Gasteiger partial charge in [0, 0.05) is 108 Å². The summed E-state index contributed by atoms with van der Waals surface area (Å²) in [5, 5.41) is 52.5. The van der Waals surface area contributed by atoms with Crippen molar-refractivity contribution in [3.05, 3.63) is 187 Å². The number of benzene rings is 4. The van der Waals surface area contributed by atoms with E-state index in [-0.39, 0.29) is 95.4 Å². The van der Waals surface area contributed by atoms with Gasteiger partial charge in [-0.25, -0.2) is 24.9 Å². The van der Waals surface area contributed by atoms with E-state index >= 15 is 0 Å². The quantitative estimate of drug-likeness (QED) is 0.0444. The van der Waals surface area contributed by atoms with Crippen molar-refractivity contribution in [3.8, 4) is 127 Å². The summed E-state index contributed by atoms with van der Waals surface area (Å²) in [6, 6.07) is 48.5. The number of hydrogen-bond donors (Lipinski definition) is 2. The molecule has 0 atom stereocenters. The van der Waals surface area contributed by atoms with Gasteiger partial charge < -0.3 is 34.3 Å². The molecule has 526 valence electrons. The molecule has 4 saturated heterocycles. The zero-order chi connectivity index (χ0) is 74.2. The maximum absolute atomic E-state index is 11.8. The molecule has 0 radical (unpaired) electrons. The minimum Gasteiger partial charge on any atom is -0.462 e. The van der Waals surface area contributed by atoms with Gasteiger partial charge in [0.1, 0.15) is 35.5 Å². The van der Waals surface area contributed by atoms with Crippen LogP contribution in [-0.2, 0) is 22.7 Å². The number of carbonyl (C=O) groups excluding carboxylic acids is 5. The van der Waals surface area contributed by atoms with E-state index in [9.17, 15) is 34.5 Å². The molecule has 13 rings (SSSR count). The van der Waals surface area contributed by atoms with Crippen molar-refractivity contribution in [2.24, 2.45) is 0 Å². The van der Waals surface area contributed by atoms with Crippen LogP contribution in [0.5, 0.6) is 29.4 Å². The first-order valence-electron chi connectivity index (χ1n) is 32.2. The zero-order valence-corrected chi connectivity index (χ0v) is 59.2. The Labute approximate surface area is 626 Å². The summed E-state index contributed by atoms with van der Waals surface area (Å²) in [4.78, 5) is 83.4. The highest BCUT2D eigenvalue weighted by Gasteiger charge is 2.48. The van der Waals surface area contributed by atoms with Crippen LogP contribution in [0.3, 0.4) is 0 Å². The Bertz CT molecular complexity index is 4820. The van der Waals surface area contributed by atoms with E-state index in [1.807, 2.05) is 84.9 Å². The predicted molar refractivity (Wildman–Crippen MR) is 388 cm³/mol. The van der Waals surface area contributed by atoms with E-state index in [1.54, 1.807) is 66.7 Å². The van der Waals surface area contributed by atoms with Crippen LogP contribution in [-0.4, -0.2) is 136 Å². The molecule has 4 aliphatic rings. The SMILES string of the molecule is N#CCOc1nc(-c2cccc(-c3cccc(-c4ccc(C=O)c(OCC#N)n4)c3Cl)c2Cl)ccc1C=O.N#CCOc1nc(-c2cccc(-c3cccc(-c4ccc(CN5CC6(CCC(=O)N6)C5)c(OCC#N)n4)c3Cl)c2Cl)ccc1CN1CC2(CCC(=O)N2)C1.N#CCOc1nc(Cl)ccc1C=O. The highest BCUT2D eigenvalue weighted by Crippen LogP contribution is 2.46. The molecule has 5 aromatic heterocycles. The number of nitrogens with zero attached hydrogens (tertiary/aromatic N) is 12. The number of hydrogen-bond acceptors (Lipinski definition) is 22. The first-order valence-corrected chi connectivity index (χ1v) is 34.1. The number of pyridine rings is 5. The fourth-order valence-electron chi connectivity index (χ4n) is 12.6. The number of nitriles is 5. The Morgan fingerprint density at radius 1 is 0.381 bits per heavy atom. The van der Waals surface area contributed by atoms with Crippen molar-refractivity contribution in [3.63, 3.8) is 0 Å². The monoisotopic (exact) mass is 1500 g/mol. The number of rotatable bonds is 23. The van der Waals surface area contributed by atoms with Crippen LogP contribution >= 0.6 is 58.0 Å². The van der Waals surface area contributed by atoms with Gasteiger partial charge in [0.05, 0.1) is 70.6 Å². The first kappa shape index (κ1) is 74.6. The molecule has 0 unspecified atom stereocenters. The average Bonchev–Trinajstić information content (AvgIpc) is 1.11. The summed E-state index contributed by atoms with van der Waals surface area (Å²) in [6.45, 7) is 3.14. The Morgan fingerprint density at radius 3 is 0.952 bits per heavy atom. The Morgan fingerprint density at radius 2 is 0.657 bits per heavy atom. The summed E-state index contributed by atoms with van der Waals surface area (Å²) >= 11 is 33.5. The zero-order valence-electron chi connectivity index (χ0n) is 55.4. The standard InChI is InChI=1S/C40H36Cl2N8O4.C28H16Cl2N4O4.C8H5ClN2O2/c41-35-27(3-1-5-29(35)31-9-7-25(37(45-31)53-17-15-43)19-49-21-39(22-49)13-11-33(51)47-39)28-4-2-6-30(36(28)42)32-10-8-26(38(46-32)54-18-16-44)20-50-23-40(24-50)14-12-34(52)48-40;29-25-19(3-1-5-21(25)23-9-7-17(15-35)27(33-23)37-13-11-31)20-4-2-6-22(26(20)30)24-10-8-18(16-36)28(34-24)38-14-12-32;9-7-2-1-6(5-12)8(11-7)13-4-3-10/h1-10H,11-14,17-24H2,(H,47,51)(H,48,52);1-10,15-16H,13-14H2;1-2,5H,4H2. The van der Waals surface area contributed by atoms with Gasteiger partial charge in [-0.1, -0.05) is 143 Å². The third-order valence-corrected chi connectivity index (χ3v) is 19.1. The molecule has 9 aromatic rings. The van der Waals surface area contributed by atoms with Gasteiger partial charge in [0.15, 0.2) is 51.9 Å². The van der Waals surface area contributed by atoms with E-state index in [1.165, 1.54) is 12.1 Å². The second-order valence-electron chi connectivity index (χ2n) is 24.2. The minimum atomic E-state index is -0.265. The van der Waals surface area contributed by atoms with Gasteiger partial charge in [-0.2, -0.15) is 26.3 Å². The fourth-order valence-corrected chi connectivity index (χ4v) is 14.0. The molecular formula is C76H57Cl5N14O10. The Balaban J connectivity index is 0.000000187. The summed E-state index contributed by atoms with van der Waals surface area (Å²) < 4.78 is 27.1. The van der Waals surface area contributed by atoms with Crippen molar-refractivity contribution in [2.45, 2.75) is 49.9 Å². The molecular weight excluding hydrogens is 1450 g/mol. The molecule has 4 fully saturated rings. The highest BCUT2D eigenvalue weighted by atomic mass is 35.5. The number of aromatic nitrogens is 5. The predicted octanol–water partition coefficient (Wildman–Crippen LogP) is 13.2. The van der Waals surface area contributed by atoms with Gasteiger partial charge in [0.25, 0.3) is 0 Å². The van der Waals surface area contributed by atoms with Crippen LogP contribution in [0.4, 0.5) is 0 Å². The molecule has 2 amide bonds. The van der Waals surface area contributed by atoms with Gasteiger partial charge in [-0.15, -0.1) is 0 Å². The normalized spacial score (nSPS) is 14.2. The highest BCUT2D eigenvalue weighted by molar-refractivity contribution is 6.40. The molecule has 0 saturated carbocycles. The van der Waals surface area contributed by atoms with Crippen LogP contribution in [0, 0.1) is 56.7 Å². The van der Waals surface area contributed by atoms with Gasteiger partial charge in [-0.3, -0.25) is 33.8 Å². The third kappa shape index (κ3) is 17.2. The van der Waals surface area contributed by atoms with Crippen LogP contribution in [0.25, 0.3) is 67.3 Å². The van der Waals surface area contributed by atoms with Gasteiger partial charge in [-0.05, 0) is 61.4 Å². The lowest BCUT2D eigenvalue weighted by Gasteiger charge is -2.48. The van der Waals surface area contributed by atoms with E-state index in [2.05, 4.69) is 35.4 Å². The summed E-state index contributed by atoms with van der Waals surface area (Å²) in [7, 11) is 0. The molecule has 29 heteroatoms.